The summed E-state index contributed by atoms with van der Waals surface area (Å²) in [5.74, 6) is 1.15. The minimum absolute atomic E-state index is 0.409. The van der Waals surface area contributed by atoms with E-state index in [0.29, 0.717) is 33.9 Å². The molecule has 0 aliphatic carbocycles. The van der Waals surface area contributed by atoms with Gasteiger partial charge in [0.1, 0.15) is 17.3 Å². The van der Waals surface area contributed by atoms with Crippen molar-refractivity contribution in [2.45, 2.75) is 0 Å². The van der Waals surface area contributed by atoms with Gasteiger partial charge >= 0.3 is 0 Å². The molecule has 2 nitrogen and oxygen atoms in total. The van der Waals surface area contributed by atoms with Crippen molar-refractivity contribution in [1.82, 2.24) is 4.98 Å². The summed E-state index contributed by atoms with van der Waals surface area (Å²) in [6.45, 7) is 0.424. The molecule has 6 heteroatoms. The zero-order valence-electron chi connectivity index (χ0n) is 9.67. The summed E-state index contributed by atoms with van der Waals surface area (Å²) in [7, 11) is 0. The number of benzene rings is 1. The smallest absolute Gasteiger partial charge is 0.159 e. The third-order valence-corrected chi connectivity index (χ3v) is 3.89. The second-order valence-electron chi connectivity index (χ2n) is 3.64. The van der Waals surface area contributed by atoms with Crippen LogP contribution in [0.3, 0.4) is 0 Å². The highest BCUT2D eigenvalue weighted by atomic mass is 127. The predicted octanol–water partition coefficient (Wildman–Crippen LogP) is 5.32. The monoisotopic (exact) mass is 427 g/mol. The maximum atomic E-state index is 6.20. The normalized spacial score (nSPS) is 11.4. The van der Waals surface area contributed by atoms with Gasteiger partial charge in [0.25, 0.3) is 0 Å². The van der Waals surface area contributed by atoms with Gasteiger partial charge in [-0.05, 0) is 40.8 Å². The molecule has 100 valence electrons. The second kappa shape index (κ2) is 6.97. The van der Waals surface area contributed by atoms with Gasteiger partial charge in [-0.1, -0.05) is 35.4 Å². The number of ether oxygens (including phenoxy) is 1. The third-order valence-electron chi connectivity index (χ3n) is 2.38. The van der Waals surface area contributed by atoms with E-state index in [0.717, 1.165) is 8.96 Å². The number of rotatable bonds is 4. The van der Waals surface area contributed by atoms with E-state index in [2.05, 4.69) is 27.6 Å². The number of fused-ring (bicyclic) bond motifs is 1. The topological polar surface area (TPSA) is 22.1 Å². The first-order valence-electron chi connectivity index (χ1n) is 5.41. The van der Waals surface area contributed by atoms with Crippen LogP contribution in [0.4, 0.5) is 0 Å². The van der Waals surface area contributed by atoms with Gasteiger partial charge in [0.2, 0.25) is 0 Å². The molecule has 1 aromatic heterocycles. The molecule has 0 saturated heterocycles. The number of aromatic nitrogens is 1. The minimum atomic E-state index is 0.409. The van der Waals surface area contributed by atoms with E-state index in [9.17, 15) is 0 Å². The van der Waals surface area contributed by atoms with Gasteiger partial charge in [0, 0.05) is 11.3 Å². The molecular weight excluding hydrogens is 419 g/mol. The van der Waals surface area contributed by atoms with Gasteiger partial charge in [-0.3, -0.25) is 0 Å². The molecule has 2 aromatic rings. The van der Waals surface area contributed by atoms with Crippen LogP contribution in [0.1, 0.15) is 0 Å². The molecule has 0 aliphatic rings. The Labute approximate surface area is 139 Å². The van der Waals surface area contributed by atoms with Gasteiger partial charge in [-0.15, -0.1) is 11.6 Å². The Morgan fingerprint density at radius 1 is 1.26 bits per heavy atom. The fraction of sp³-hybridized carbons (Fsp3) is 0.154. The molecule has 0 aliphatic heterocycles. The maximum absolute atomic E-state index is 6.20. The standard InChI is InChI=1S/C13H9Cl3INO/c14-5-1-2-6-19-13-10(17)7-9(15)8-3-4-11(16)18-12(8)13/h1-4,7H,5-6H2/b2-1+. The fourth-order valence-electron chi connectivity index (χ4n) is 1.57. The Kier molecular flexibility index (Phi) is 5.57. The molecule has 2 rings (SSSR count). The summed E-state index contributed by atoms with van der Waals surface area (Å²) in [6.07, 6.45) is 3.68. The molecular formula is C13H9Cl3INO. The van der Waals surface area contributed by atoms with Gasteiger partial charge in [0.15, 0.2) is 5.75 Å². The number of alkyl halides is 1. The Morgan fingerprint density at radius 2 is 2.05 bits per heavy atom. The van der Waals surface area contributed by atoms with E-state index in [-0.39, 0.29) is 0 Å². The van der Waals surface area contributed by atoms with Crippen molar-refractivity contribution in [3.05, 3.63) is 44.1 Å². The fourth-order valence-corrected chi connectivity index (χ4v) is 3.01. The number of hydrogen-bond acceptors (Lipinski definition) is 2. The van der Waals surface area contributed by atoms with Gasteiger partial charge in [0.05, 0.1) is 8.59 Å². The maximum Gasteiger partial charge on any atom is 0.159 e. The van der Waals surface area contributed by atoms with Crippen LogP contribution in [0.5, 0.6) is 5.75 Å². The Bertz CT molecular complexity index is 631. The molecule has 0 spiro atoms. The van der Waals surface area contributed by atoms with Crippen LogP contribution in [0, 0.1) is 3.57 Å². The number of halogens is 4. The quantitative estimate of drug-likeness (QED) is 0.285. The highest BCUT2D eigenvalue weighted by molar-refractivity contribution is 14.1. The number of nitrogens with zero attached hydrogens (tertiary/aromatic N) is 1. The van der Waals surface area contributed by atoms with Crippen LogP contribution < -0.4 is 4.74 Å². The molecule has 19 heavy (non-hydrogen) atoms. The number of pyridine rings is 1. The highest BCUT2D eigenvalue weighted by Crippen LogP contribution is 2.35. The van der Waals surface area contributed by atoms with Crippen LogP contribution in [0.25, 0.3) is 10.9 Å². The summed E-state index contributed by atoms with van der Waals surface area (Å²) in [5.41, 5.74) is 0.670. The first-order valence-corrected chi connectivity index (χ1v) is 7.78. The molecule has 0 saturated carbocycles. The van der Waals surface area contributed by atoms with Crippen molar-refractivity contribution in [1.29, 1.82) is 0 Å². The van der Waals surface area contributed by atoms with Crippen LogP contribution in [-0.2, 0) is 0 Å². The van der Waals surface area contributed by atoms with Gasteiger partial charge < -0.3 is 4.74 Å². The van der Waals surface area contributed by atoms with E-state index in [1.165, 1.54) is 0 Å². The molecule has 0 unspecified atom stereocenters. The Morgan fingerprint density at radius 3 is 2.79 bits per heavy atom. The lowest BCUT2D eigenvalue weighted by Gasteiger charge is -2.11. The zero-order valence-corrected chi connectivity index (χ0v) is 14.1. The summed E-state index contributed by atoms with van der Waals surface area (Å²) in [5, 5.41) is 1.86. The van der Waals surface area contributed by atoms with Crippen molar-refractivity contribution in [2.24, 2.45) is 0 Å². The molecule has 0 N–H and O–H groups in total. The van der Waals surface area contributed by atoms with Crippen LogP contribution in [0.2, 0.25) is 10.2 Å². The molecule has 0 atom stereocenters. The van der Waals surface area contributed by atoms with Crippen molar-refractivity contribution in [2.75, 3.05) is 12.5 Å². The largest absolute Gasteiger partial charge is 0.486 e. The summed E-state index contributed by atoms with van der Waals surface area (Å²) >= 11 is 19.9. The lowest BCUT2D eigenvalue weighted by atomic mass is 10.2. The lowest BCUT2D eigenvalue weighted by Crippen LogP contribution is -1.98. The van der Waals surface area contributed by atoms with Crippen molar-refractivity contribution >= 4 is 68.3 Å². The third kappa shape index (κ3) is 3.66. The van der Waals surface area contributed by atoms with E-state index < -0.39 is 0 Å². The average Bonchev–Trinajstić information content (AvgIpc) is 2.37. The first kappa shape index (κ1) is 15.2. The highest BCUT2D eigenvalue weighted by Gasteiger charge is 2.12. The number of hydrogen-bond donors (Lipinski definition) is 0. The van der Waals surface area contributed by atoms with Crippen LogP contribution >= 0.6 is 57.4 Å². The molecule has 0 amide bonds. The van der Waals surface area contributed by atoms with Crippen LogP contribution in [0.15, 0.2) is 30.4 Å². The Hall–Kier alpha value is -0.230. The molecule has 1 aromatic carbocycles. The average molecular weight is 428 g/mol. The molecule has 0 bridgehead atoms. The van der Waals surface area contributed by atoms with Gasteiger partial charge in [-0.25, -0.2) is 4.98 Å². The van der Waals surface area contributed by atoms with E-state index in [1.54, 1.807) is 6.07 Å². The lowest BCUT2D eigenvalue weighted by molar-refractivity contribution is 0.364. The van der Waals surface area contributed by atoms with E-state index in [4.69, 9.17) is 39.5 Å². The predicted molar refractivity (Wildman–Crippen MR) is 89.8 cm³/mol. The second-order valence-corrected chi connectivity index (χ2v) is 5.90. The molecule has 1 heterocycles. The van der Waals surface area contributed by atoms with E-state index >= 15 is 0 Å². The van der Waals surface area contributed by atoms with Crippen molar-refractivity contribution < 1.29 is 4.74 Å². The summed E-state index contributed by atoms with van der Waals surface area (Å²) in [6, 6.07) is 5.39. The minimum Gasteiger partial charge on any atom is -0.486 e. The molecule has 0 fully saturated rings. The van der Waals surface area contributed by atoms with E-state index in [1.807, 2.05) is 24.3 Å². The number of allylic oxidation sites excluding steroid dienone is 1. The first-order chi connectivity index (χ1) is 9.13. The SMILES string of the molecule is ClC/C=C/COc1c(I)cc(Cl)c2ccc(Cl)nc12. The molecule has 0 radical (unpaired) electrons. The summed E-state index contributed by atoms with van der Waals surface area (Å²) in [4.78, 5) is 4.30. The van der Waals surface area contributed by atoms with Gasteiger partial charge in [-0.2, -0.15) is 0 Å². The summed E-state index contributed by atoms with van der Waals surface area (Å²) < 4.78 is 6.62. The van der Waals surface area contributed by atoms with Crippen molar-refractivity contribution in [3.8, 4) is 5.75 Å². The van der Waals surface area contributed by atoms with Crippen LogP contribution in [-0.4, -0.2) is 17.5 Å². The Balaban J connectivity index is 2.46. The van der Waals surface area contributed by atoms with Crippen molar-refractivity contribution in [3.63, 3.8) is 0 Å². The zero-order chi connectivity index (χ0) is 13.8.